The van der Waals surface area contributed by atoms with Crippen LogP contribution < -0.4 is 9.74 Å². The molecule has 1 aliphatic rings. The maximum absolute atomic E-state index is 12.3. The molecule has 0 aromatic carbocycles. The molecule has 0 aliphatic carbocycles. The van der Waals surface area contributed by atoms with Gasteiger partial charge in [-0.2, -0.15) is 21.6 Å². The quantitative estimate of drug-likeness (QED) is 0.650. The first kappa shape index (κ1) is 17.3. The third kappa shape index (κ3) is 3.05. The van der Waals surface area contributed by atoms with Crippen molar-refractivity contribution in [2.45, 2.75) is 37.2 Å². The molecule has 0 saturated carbocycles. The van der Waals surface area contributed by atoms with Crippen LogP contribution in [-0.2, 0) is 14.9 Å². The van der Waals surface area contributed by atoms with E-state index in [2.05, 4.69) is 4.18 Å². The van der Waals surface area contributed by atoms with Gasteiger partial charge in [0.2, 0.25) is 0 Å². The van der Waals surface area contributed by atoms with E-state index in [0.29, 0.717) is 12.5 Å². The van der Waals surface area contributed by atoms with Crippen molar-refractivity contribution in [3.8, 4) is 5.75 Å². The molecule has 2 heterocycles. The Morgan fingerprint density at radius 3 is 2.52 bits per heavy atom. The summed E-state index contributed by atoms with van der Waals surface area (Å²) in [5.74, 6) is -2.44. The highest BCUT2D eigenvalue weighted by Crippen LogP contribution is 2.38. The smallest absolute Gasteiger partial charge is 0.480 e. The first-order valence-corrected chi connectivity index (χ1v) is 7.88. The third-order valence-corrected chi connectivity index (χ3v) is 4.56. The maximum Gasteiger partial charge on any atom is 0.534 e. The molecule has 1 aromatic heterocycles. The Kier molecular flexibility index (Phi) is 4.18. The minimum absolute atomic E-state index is 0.0938. The fourth-order valence-corrected chi connectivity index (χ4v) is 2.97. The Morgan fingerprint density at radius 1 is 1.43 bits per heavy atom. The molecular formula is C12H12F3NO6S. The molecule has 128 valence electrons. The zero-order chi connectivity index (χ0) is 17.6. The van der Waals surface area contributed by atoms with Crippen LogP contribution in [0.3, 0.4) is 0 Å². The molecule has 0 fully saturated rings. The average molecular weight is 355 g/mol. The van der Waals surface area contributed by atoms with Crippen molar-refractivity contribution >= 4 is 16.1 Å². The summed E-state index contributed by atoms with van der Waals surface area (Å²) in [5.41, 5.74) is -6.42. The van der Waals surface area contributed by atoms with Crippen molar-refractivity contribution in [3.05, 3.63) is 28.2 Å². The zero-order valence-corrected chi connectivity index (χ0v) is 12.5. The molecule has 11 heteroatoms. The number of aromatic nitrogens is 1. The van der Waals surface area contributed by atoms with Crippen LogP contribution in [0.15, 0.2) is 16.9 Å². The number of aliphatic carboxylic acids is 1. The normalized spacial score (nSPS) is 21.0. The number of pyridine rings is 1. The monoisotopic (exact) mass is 355 g/mol. The molecule has 0 saturated heterocycles. The van der Waals surface area contributed by atoms with Gasteiger partial charge in [0.25, 0.3) is 5.56 Å². The van der Waals surface area contributed by atoms with E-state index in [4.69, 9.17) is 5.11 Å². The van der Waals surface area contributed by atoms with Crippen molar-refractivity contribution in [3.63, 3.8) is 0 Å². The van der Waals surface area contributed by atoms with Gasteiger partial charge < -0.3 is 9.29 Å². The maximum atomic E-state index is 12.3. The minimum Gasteiger partial charge on any atom is -0.480 e. The van der Waals surface area contributed by atoms with E-state index >= 15 is 0 Å². The second-order valence-electron chi connectivity index (χ2n) is 5.00. The van der Waals surface area contributed by atoms with Crippen molar-refractivity contribution in [1.82, 2.24) is 4.57 Å². The average Bonchev–Trinajstić information content (AvgIpc) is 2.76. The van der Waals surface area contributed by atoms with Crippen LogP contribution in [0.4, 0.5) is 13.2 Å². The Hall–Kier alpha value is -2.04. The molecule has 2 rings (SSSR count). The number of hydrogen-bond acceptors (Lipinski definition) is 5. The highest BCUT2D eigenvalue weighted by Gasteiger charge is 2.49. The Labute approximate surface area is 128 Å². The van der Waals surface area contributed by atoms with Crippen LogP contribution in [0, 0.1) is 0 Å². The third-order valence-electron chi connectivity index (χ3n) is 3.58. The fraction of sp³-hybridized carbons (Fsp3) is 0.500. The Balaban J connectivity index is 2.51. The minimum atomic E-state index is -5.90. The van der Waals surface area contributed by atoms with E-state index < -0.39 is 44.9 Å². The van der Waals surface area contributed by atoms with Gasteiger partial charge in [-0.25, -0.2) is 4.79 Å². The van der Waals surface area contributed by atoms with E-state index in [1.807, 2.05) is 0 Å². The molecule has 23 heavy (non-hydrogen) atoms. The predicted molar refractivity (Wildman–Crippen MR) is 70.6 cm³/mol. The van der Waals surface area contributed by atoms with Crippen LogP contribution in [0.5, 0.6) is 5.75 Å². The predicted octanol–water partition coefficient (Wildman–Crippen LogP) is 1.60. The number of carboxylic acids is 1. The van der Waals surface area contributed by atoms with Crippen molar-refractivity contribution < 1.29 is 35.7 Å². The summed E-state index contributed by atoms with van der Waals surface area (Å²) in [6.07, 6.45) is 0.523. The van der Waals surface area contributed by atoms with Gasteiger partial charge in [0.1, 0.15) is 11.8 Å². The van der Waals surface area contributed by atoms with Gasteiger partial charge in [-0.15, -0.1) is 0 Å². The first-order valence-electron chi connectivity index (χ1n) is 6.48. The Bertz CT molecular complexity index is 798. The van der Waals surface area contributed by atoms with Crippen LogP contribution in [-0.4, -0.2) is 29.6 Å². The van der Waals surface area contributed by atoms with E-state index in [1.54, 1.807) is 6.92 Å². The van der Waals surface area contributed by atoms with Crippen LogP contribution >= 0.6 is 0 Å². The topological polar surface area (TPSA) is 103 Å². The highest BCUT2D eigenvalue weighted by atomic mass is 32.2. The summed E-state index contributed by atoms with van der Waals surface area (Å²) < 4.78 is 63.9. The molecule has 0 amide bonds. The second kappa shape index (κ2) is 5.55. The summed E-state index contributed by atoms with van der Waals surface area (Å²) >= 11 is 0. The van der Waals surface area contributed by atoms with Gasteiger partial charge >= 0.3 is 21.6 Å². The summed E-state index contributed by atoms with van der Waals surface area (Å²) in [4.78, 5) is 23.2. The molecule has 2 atom stereocenters. The second-order valence-corrected chi connectivity index (χ2v) is 6.54. The summed E-state index contributed by atoms with van der Waals surface area (Å²) in [7, 11) is -5.90. The number of carboxylic acid groups (broad SMARTS) is 1. The van der Waals surface area contributed by atoms with E-state index in [1.165, 1.54) is 0 Å². The van der Waals surface area contributed by atoms with Crippen molar-refractivity contribution in [2.24, 2.45) is 0 Å². The van der Waals surface area contributed by atoms with Gasteiger partial charge in [0.15, 0.2) is 0 Å². The van der Waals surface area contributed by atoms with Crippen LogP contribution in [0.25, 0.3) is 0 Å². The van der Waals surface area contributed by atoms with E-state index in [-0.39, 0.29) is 12.1 Å². The van der Waals surface area contributed by atoms with Gasteiger partial charge in [-0.1, -0.05) is 6.92 Å². The molecule has 7 nitrogen and oxygen atoms in total. The summed E-state index contributed by atoms with van der Waals surface area (Å²) in [6.45, 7) is 1.71. The van der Waals surface area contributed by atoms with Crippen molar-refractivity contribution in [1.29, 1.82) is 0 Å². The highest BCUT2D eigenvalue weighted by molar-refractivity contribution is 7.88. The number of halogens is 3. The lowest BCUT2D eigenvalue weighted by atomic mass is 9.99. The SMILES string of the molecule is CCC1CC(C(=O)O)n2c1cc(OS(=O)(=O)C(F)(F)F)cc2=O. The number of alkyl halides is 3. The van der Waals surface area contributed by atoms with Crippen LogP contribution in [0.1, 0.15) is 37.4 Å². The molecule has 0 spiro atoms. The van der Waals surface area contributed by atoms with Gasteiger partial charge in [0, 0.05) is 23.7 Å². The molecule has 1 aliphatic heterocycles. The lowest BCUT2D eigenvalue weighted by Crippen LogP contribution is -2.30. The number of nitrogens with zero attached hydrogens (tertiary/aromatic N) is 1. The Morgan fingerprint density at radius 2 is 2.04 bits per heavy atom. The molecular weight excluding hydrogens is 343 g/mol. The lowest BCUT2D eigenvalue weighted by molar-refractivity contribution is -0.140. The number of carbonyl (C=O) groups is 1. The molecule has 1 aromatic rings. The lowest BCUT2D eigenvalue weighted by Gasteiger charge is -2.13. The van der Waals surface area contributed by atoms with Gasteiger partial charge in [-0.05, 0) is 12.8 Å². The fourth-order valence-electron chi connectivity index (χ4n) is 2.53. The van der Waals surface area contributed by atoms with Crippen molar-refractivity contribution in [2.75, 3.05) is 0 Å². The number of rotatable bonds is 4. The summed E-state index contributed by atoms with van der Waals surface area (Å²) in [6, 6.07) is 0.346. The van der Waals surface area contributed by atoms with E-state index in [0.717, 1.165) is 10.6 Å². The molecule has 0 bridgehead atoms. The molecule has 1 N–H and O–H groups in total. The molecule has 2 unspecified atom stereocenters. The van der Waals surface area contributed by atoms with Gasteiger partial charge in [-0.3, -0.25) is 9.36 Å². The largest absolute Gasteiger partial charge is 0.534 e. The standard InChI is InChI=1S/C12H12F3NO6S/c1-2-6-3-9(11(18)19)16-8(6)4-7(5-10(16)17)22-23(20,21)12(13,14)15/h4-6,9H,2-3H2,1H3,(H,18,19). The van der Waals surface area contributed by atoms with Gasteiger partial charge in [0.05, 0.1) is 0 Å². The first-order chi connectivity index (χ1) is 10.5. The van der Waals surface area contributed by atoms with Crippen LogP contribution in [0.2, 0.25) is 0 Å². The number of hydrogen-bond donors (Lipinski definition) is 1. The zero-order valence-electron chi connectivity index (χ0n) is 11.7. The molecule has 0 radical (unpaired) electrons. The number of fused-ring (bicyclic) bond motifs is 1. The van der Waals surface area contributed by atoms with E-state index in [9.17, 15) is 31.2 Å². The summed E-state index contributed by atoms with van der Waals surface area (Å²) in [5, 5.41) is 9.12.